The zero-order valence-corrected chi connectivity index (χ0v) is 27.8. The second-order valence-electron chi connectivity index (χ2n) is 14.2. The Bertz CT molecular complexity index is 3130. The summed E-state index contributed by atoms with van der Waals surface area (Å²) in [6, 6.07) is 43.5. The smallest absolute Gasteiger partial charge is 0.353 e. The lowest BCUT2D eigenvalue weighted by Gasteiger charge is -2.39. The Kier molecular flexibility index (Phi) is 3.76. The first-order valence-electron chi connectivity index (χ1n) is 17.2. The van der Waals surface area contributed by atoms with Gasteiger partial charge in [-0.1, -0.05) is 78.9 Å². The summed E-state index contributed by atoms with van der Waals surface area (Å²) in [5.41, 5.74) is 12.1. The van der Waals surface area contributed by atoms with Gasteiger partial charge in [0.2, 0.25) is 22.7 Å². The minimum absolute atomic E-state index is 0.332. The lowest BCUT2D eigenvalue weighted by atomic mass is 10.1. The van der Waals surface area contributed by atoms with Crippen molar-refractivity contribution in [3.63, 3.8) is 0 Å². The number of ether oxygens (including phenoxy) is 1. The van der Waals surface area contributed by atoms with Gasteiger partial charge in [0.05, 0.1) is 23.3 Å². The van der Waals surface area contributed by atoms with Crippen LogP contribution >= 0.6 is 0 Å². The van der Waals surface area contributed by atoms with E-state index < -0.39 is 8.07 Å². The predicted molar refractivity (Wildman–Crippen MR) is 196 cm³/mol. The van der Waals surface area contributed by atoms with Crippen molar-refractivity contribution in [2.45, 2.75) is 0 Å². The monoisotopic (exact) mass is 657 g/mol. The van der Waals surface area contributed by atoms with E-state index in [2.05, 4.69) is 147 Å². The number of nitrogens with zero attached hydrogens (tertiary/aromatic N) is 6. The van der Waals surface area contributed by atoms with E-state index in [4.69, 9.17) is 9.72 Å². The fraction of sp³-hybridized carbons (Fsp3) is 0.0238. The van der Waals surface area contributed by atoms with Gasteiger partial charge in [-0.25, -0.2) is 4.57 Å². The third-order valence-corrected chi connectivity index (χ3v) is 17.3. The maximum absolute atomic E-state index is 7.02. The molecule has 5 aliphatic rings. The van der Waals surface area contributed by atoms with Crippen molar-refractivity contribution in [3.05, 3.63) is 134 Å². The van der Waals surface area contributed by atoms with Gasteiger partial charge < -0.3 is 4.74 Å². The summed E-state index contributed by atoms with van der Waals surface area (Å²) in [6.45, 7) is 0. The molecule has 5 aromatic carbocycles. The first kappa shape index (κ1) is 24.7. The Balaban J connectivity index is 1.32. The molecule has 0 fully saturated rings. The maximum Gasteiger partial charge on any atom is 0.353 e. The molecule has 5 aliphatic heterocycles. The quantitative estimate of drug-likeness (QED) is 0.133. The van der Waals surface area contributed by atoms with Crippen LogP contribution in [0.25, 0.3) is 61.2 Å². The van der Waals surface area contributed by atoms with E-state index in [9.17, 15) is 0 Å². The van der Waals surface area contributed by atoms with Gasteiger partial charge in [-0.3, -0.25) is 4.98 Å². The number of quaternary nitrogens is 1. The van der Waals surface area contributed by atoms with Gasteiger partial charge in [-0.15, -0.1) is 0 Å². The molecule has 9 heterocycles. The molecule has 0 radical (unpaired) electrons. The van der Waals surface area contributed by atoms with Crippen molar-refractivity contribution >= 4 is 73.2 Å². The van der Waals surface area contributed by atoms with Crippen LogP contribution in [0.2, 0.25) is 0 Å². The molecule has 1 unspecified atom stereocenters. The number of hydrogen-bond donors (Lipinski definition) is 0. The standard InChI is InChI=1S/C42H25N6OSi/c1-44-29-14-4-5-15-30(29)47-41(44)28-22-43-23-32-39(28)48(47)40-31(49-32)19-20-36-38(40)46-37-26(27-13-9-21-45(48)42(27)46)12-8-18-35(37)50(36)33-16-6-2-10-24(33)25-11-3-7-17-34(25)50/h2-23H,1H3/q+3. The largest absolute Gasteiger partial charge is 0.442 e. The van der Waals surface area contributed by atoms with Crippen molar-refractivity contribution in [2.75, 3.05) is 0 Å². The summed E-state index contributed by atoms with van der Waals surface area (Å²) in [5, 5.41) is 8.35. The number of aryl methyl sites for hydroxylation is 1. The van der Waals surface area contributed by atoms with Crippen LogP contribution in [-0.4, -0.2) is 22.2 Å². The molecule has 0 saturated heterocycles. The van der Waals surface area contributed by atoms with E-state index in [1.165, 1.54) is 65.0 Å². The van der Waals surface area contributed by atoms with Crippen LogP contribution in [-0.2, 0) is 7.05 Å². The van der Waals surface area contributed by atoms with Crippen LogP contribution in [0.3, 0.4) is 0 Å². The molecule has 7 nitrogen and oxygen atoms in total. The lowest BCUT2D eigenvalue weighted by Crippen LogP contribution is -2.85. The van der Waals surface area contributed by atoms with Crippen LogP contribution in [0, 0.1) is 0 Å². The Morgan fingerprint density at radius 3 is 2.28 bits per heavy atom. The Labute approximate surface area is 285 Å². The molecule has 50 heavy (non-hydrogen) atoms. The average molecular weight is 658 g/mol. The summed E-state index contributed by atoms with van der Waals surface area (Å²) in [5.74, 6) is 2.76. The van der Waals surface area contributed by atoms with Crippen LogP contribution in [0.15, 0.2) is 134 Å². The number of aromatic nitrogens is 5. The van der Waals surface area contributed by atoms with E-state index in [-0.39, 0.29) is 0 Å². The molecule has 4 aromatic heterocycles. The summed E-state index contributed by atoms with van der Waals surface area (Å²) >= 11 is 0. The van der Waals surface area contributed by atoms with Crippen molar-refractivity contribution in [3.8, 4) is 39.7 Å². The number of imidazole rings is 1. The Morgan fingerprint density at radius 2 is 1.42 bits per heavy atom. The van der Waals surface area contributed by atoms with Gasteiger partial charge in [0, 0.05) is 26.6 Å². The first-order chi connectivity index (χ1) is 24.8. The number of pyridine rings is 2. The summed E-state index contributed by atoms with van der Waals surface area (Å²) in [6.07, 6.45) is 6.20. The molecule has 0 aliphatic carbocycles. The molecule has 8 heteroatoms. The third kappa shape index (κ3) is 2.18. The summed E-state index contributed by atoms with van der Waals surface area (Å²) in [4.78, 5) is 4.78. The zero-order chi connectivity index (χ0) is 32.2. The second kappa shape index (κ2) is 7.60. The summed E-state index contributed by atoms with van der Waals surface area (Å²) < 4.78 is 17.3. The van der Waals surface area contributed by atoms with E-state index in [0.29, 0.717) is 4.70 Å². The molecular weight excluding hydrogens is 633 g/mol. The van der Waals surface area contributed by atoms with Crippen LogP contribution in [0.5, 0.6) is 11.5 Å². The fourth-order valence-electron chi connectivity index (χ4n) is 10.8. The predicted octanol–water partition coefficient (Wildman–Crippen LogP) is 4.88. The van der Waals surface area contributed by atoms with Crippen molar-refractivity contribution in [1.29, 1.82) is 0 Å². The molecule has 2 spiro atoms. The molecule has 1 atom stereocenters. The second-order valence-corrected chi connectivity index (χ2v) is 17.9. The normalized spacial score (nSPS) is 18.1. The molecule has 230 valence electrons. The Hall–Kier alpha value is -6.35. The van der Waals surface area contributed by atoms with Crippen LogP contribution in [0.1, 0.15) is 0 Å². The first-order valence-corrected chi connectivity index (χ1v) is 19.2. The molecule has 0 saturated carbocycles. The molecule has 14 rings (SSSR count). The van der Waals surface area contributed by atoms with Crippen LogP contribution in [0.4, 0.5) is 11.4 Å². The number of benzene rings is 5. The van der Waals surface area contributed by atoms with Gasteiger partial charge in [-0.2, -0.15) is 4.57 Å². The van der Waals surface area contributed by atoms with E-state index >= 15 is 0 Å². The van der Waals surface area contributed by atoms with Gasteiger partial charge >= 0.3 is 17.2 Å². The number of fused-ring (bicyclic) bond motifs is 12. The molecule has 0 amide bonds. The highest BCUT2D eigenvalue weighted by Gasteiger charge is 2.71. The number of rotatable bonds is 0. The maximum atomic E-state index is 7.02. The van der Waals surface area contributed by atoms with Crippen molar-refractivity contribution in [2.24, 2.45) is 7.05 Å². The van der Waals surface area contributed by atoms with E-state index in [0.717, 1.165) is 39.8 Å². The highest BCUT2D eigenvalue weighted by Crippen LogP contribution is 2.60. The third-order valence-electron chi connectivity index (χ3n) is 12.4. The summed E-state index contributed by atoms with van der Waals surface area (Å²) in [7, 11) is -0.642. The zero-order valence-electron chi connectivity index (χ0n) is 26.8. The topological polar surface area (TPSA) is 39.7 Å². The molecule has 0 bridgehead atoms. The van der Waals surface area contributed by atoms with Crippen molar-refractivity contribution in [1.82, 2.24) is 18.8 Å². The van der Waals surface area contributed by atoms with Gasteiger partial charge in [0.25, 0.3) is 5.69 Å². The Morgan fingerprint density at radius 1 is 0.660 bits per heavy atom. The average Bonchev–Trinajstić information content (AvgIpc) is 3.86. The highest BCUT2D eigenvalue weighted by molar-refractivity contribution is 7.23. The van der Waals surface area contributed by atoms with E-state index in [1.807, 2.05) is 12.4 Å². The van der Waals surface area contributed by atoms with Crippen molar-refractivity contribution < 1.29 is 14.1 Å². The van der Waals surface area contributed by atoms with E-state index in [1.54, 1.807) is 0 Å². The highest BCUT2D eigenvalue weighted by atomic mass is 28.3. The lowest BCUT2D eigenvalue weighted by molar-refractivity contribution is -1.01. The molecule has 0 N–H and O–H groups in total. The van der Waals surface area contributed by atoms with Crippen LogP contribution < -0.4 is 39.5 Å². The molecular formula is C42H25N6OSi+3. The minimum atomic E-state index is -2.82. The van der Waals surface area contributed by atoms with Gasteiger partial charge in [-0.05, 0) is 62.6 Å². The minimum Gasteiger partial charge on any atom is -0.442 e. The fourth-order valence-corrected chi connectivity index (χ4v) is 16.4. The number of para-hydroxylation sites is 3. The molecule has 9 aromatic rings. The van der Waals surface area contributed by atoms with Gasteiger partial charge in [0.15, 0.2) is 25.4 Å². The van der Waals surface area contributed by atoms with Gasteiger partial charge in [0.1, 0.15) is 5.52 Å². The SMILES string of the molecule is Cn1c2[n+](c3ccccc31)[N+]13c4c(cncc4-2)Oc2ccc4c(c21)-n1c2c(cccc2c2ccc[n+]3c21)[Si]41c2ccccc2-c2ccccc21. The number of hydrogen-bond acceptors (Lipinski definition) is 2.